The Hall–Kier alpha value is -1.78. The molecule has 0 aromatic carbocycles. The summed E-state index contributed by atoms with van der Waals surface area (Å²) in [5.41, 5.74) is -0.782. The summed E-state index contributed by atoms with van der Waals surface area (Å²) in [7, 11) is -3.89. The number of carboxylic acid groups (broad SMARTS) is 1. The molecule has 6 nitrogen and oxygen atoms in total. The van der Waals surface area contributed by atoms with Gasteiger partial charge in [-0.3, -0.25) is 0 Å². The lowest BCUT2D eigenvalue weighted by atomic mass is 10.1. The number of nitrogens with one attached hydrogen (secondary N) is 2. The number of terminal acetylenes is 1. The molecule has 1 rings (SSSR count). The maximum Gasteiger partial charge on any atom is 0.352 e. The fourth-order valence-corrected chi connectivity index (χ4v) is 3.56. The molecule has 0 aliphatic rings. The molecule has 104 valence electrons. The van der Waals surface area contributed by atoms with Crippen LogP contribution in [0.3, 0.4) is 0 Å². The topological polar surface area (TPSA) is 99.3 Å². The molecular weight excluding hydrogens is 268 g/mol. The van der Waals surface area contributed by atoms with Gasteiger partial charge in [-0.1, -0.05) is 5.92 Å². The summed E-state index contributed by atoms with van der Waals surface area (Å²) in [6.07, 6.45) is 5.24. The van der Waals surface area contributed by atoms with Crippen LogP contribution in [0.25, 0.3) is 0 Å². The number of aromatic nitrogens is 1. The van der Waals surface area contributed by atoms with Crippen molar-refractivity contribution in [1.82, 2.24) is 9.71 Å². The third kappa shape index (κ3) is 2.97. The van der Waals surface area contributed by atoms with Crippen LogP contribution >= 0.6 is 0 Å². The zero-order valence-electron chi connectivity index (χ0n) is 11.2. The second-order valence-electron chi connectivity index (χ2n) is 4.76. The van der Waals surface area contributed by atoms with Crippen molar-refractivity contribution in [3.8, 4) is 12.3 Å². The number of hydrogen-bond donors (Lipinski definition) is 3. The van der Waals surface area contributed by atoms with Gasteiger partial charge in [-0.2, -0.15) is 4.72 Å². The predicted molar refractivity (Wildman–Crippen MR) is 70.5 cm³/mol. The Morgan fingerprint density at radius 1 is 1.42 bits per heavy atom. The average Bonchev–Trinajstić information content (AvgIpc) is 2.53. The Labute approximate surface area is 112 Å². The molecule has 0 bridgehead atoms. The summed E-state index contributed by atoms with van der Waals surface area (Å²) in [6, 6.07) is 0. The summed E-state index contributed by atoms with van der Waals surface area (Å²) < 4.78 is 26.9. The van der Waals surface area contributed by atoms with E-state index in [9.17, 15) is 13.2 Å². The van der Waals surface area contributed by atoms with E-state index in [1.54, 1.807) is 13.8 Å². The minimum absolute atomic E-state index is 0.0757. The van der Waals surface area contributed by atoms with E-state index >= 15 is 0 Å². The van der Waals surface area contributed by atoms with Gasteiger partial charge in [-0.05, 0) is 27.7 Å². The van der Waals surface area contributed by atoms with Gasteiger partial charge in [0.15, 0.2) is 0 Å². The van der Waals surface area contributed by atoms with Gasteiger partial charge in [0, 0.05) is 11.3 Å². The van der Waals surface area contributed by atoms with Crippen LogP contribution in [0.5, 0.6) is 0 Å². The van der Waals surface area contributed by atoms with Crippen molar-refractivity contribution in [2.45, 2.75) is 38.1 Å². The Balaban J connectivity index is 3.40. The van der Waals surface area contributed by atoms with Crippen LogP contribution in [0.1, 0.15) is 35.6 Å². The minimum Gasteiger partial charge on any atom is -0.477 e. The molecule has 1 heterocycles. The fraction of sp³-hybridized carbons (Fsp3) is 0.417. The van der Waals surface area contributed by atoms with Crippen molar-refractivity contribution < 1.29 is 18.3 Å². The normalized spacial score (nSPS) is 12.2. The van der Waals surface area contributed by atoms with Gasteiger partial charge < -0.3 is 10.1 Å². The smallest absolute Gasteiger partial charge is 0.352 e. The number of H-pyrrole nitrogens is 1. The summed E-state index contributed by atoms with van der Waals surface area (Å²) in [4.78, 5) is 13.5. The zero-order chi connectivity index (χ0) is 15.0. The van der Waals surface area contributed by atoms with Gasteiger partial charge in [0.2, 0.25) is 10.0 Å². The van der Waals surface area contributed by atoms with Gasteiger partial charge in [-0.25, -0.2) is 13.2 Å². The van der Waals surface area contributed by atoms with Crippen LogP contribution in [-0.2, 0) is 10.0 Å². The molecule has 7 heteroatoms. The highest BCUT2D eigenvalue weighted by molar-refractivity contribution is 7.89. The lowest BCUT2D eigenvalue weighted by molar-refractivity contribution is 0.0690. The SMILES string of the molecule is C#CC(C)(C)NS(=O)(=O)c1c(C)[nH]c(C(=O)O)c1C. The van der Waals surface area contributed by atoms with Gasteiger partial charge in [0.05, 0.1) is 5.54 Å². The molecule has 0 saturated carbocycles. The summed E-state index contributed by atoms with van der Waals surface area (Å²) >= 11 is 0. The highest BCUT2D eigenvalue weighted by Crippen LogP contribution is 2.24. The first-order valence-electron chi connectivity index (χ1n) is 5.46. The van der Waals surface area contributed by atoms with E-state index in [1.165, 1.54) is 13.8 Å². The van der Waals surface area contributed by atoms with Gasteiger partial charge in [0.1, 0.15) is 10.6 Å². The quantitative estimate of drug-likeness (QED) is 0.719. The lowest BCUT2D eigenvalue weighted by Crippen LogP contribution is -2.42. The van der Waals surface area contributed by atoms with E-state index < -0.39 is 21.5 Å². The molecule has 0 atom stereocenters. The molecule has 19 heavy (non-hydrogen) atoms. The average molecular weight is 284 g/mol. The largest absolute Gasteiger partial charge is 0.477 e. The molecule has 0 saturated heterocycles. The third-order valence-electron chi connectivity index (χ3n) is 2.60. The molecule has 0 unspecified atom stereocenters. The number of aromatic amines is 1. The number of hydrogen-bond acceptors (Lipinski definition) is 3. The molecule has 1 aromatic rings. The minimum atomic E-state index is -3.89. The second kappa shape index (κ2) is 4.72. The fourth-order valence-electron chi connectivity index (χ4n) is 1.77. The molecule has 0 fully saturated rings. The van der Waals surface area contributed by atoms with Crippen LogP contribution in [0.2, 0.25) is 0 Å². The standard InChI is InChI=1S/C12H16N2O4S/c1-6-12(4,5)14-19(17,18)10-7(2)9(11(15)16)13-8(10)3/h1,13-14H,2-5H3,(H,15,16). The number of aromatic carboxylic acids is 1. The van der Waals surface area contributed by atoms with Crippen LogP contribution in [0.4, 0.5) is 0 Å². The van der Waals surface area contributed by atoms with E-state index in [0.29, 0.717) is 0 Å². The number of carbonyl (C=O) groups is 1. The predicted octanol–water partition coefficient (Wildman–Crippen LogP) is 1.02. The maximum absolute atomic E-state index is 12.3. The molecular formula is C12H16N2O4S. The van der Waals surface area contributed by atoms with Crippen molar-refractivity contribution >= 4 is 16.0 Å². The summed E-state index contributed by atoms with van der Waals surface area (Å²) in [5.74, 6) is 1.11. The van der Waals surface area contributed by atoms with Gasteiger partial charge >= 0.3 is 5.97 Å². The molecule has 0 aliphatic heterocycles. The zero-order valence-corrected chi connectivity index (χ0v) is 12.0. The maximum atomic E-state index is 12.3. The molecule has 0 aliphatic carbocycles. The van der Waals surface area contributed by atoms with Crippen molar-refractivity contribution in [3.63, 3.8) is 0 Å². The van der Waals surface area contributed by atoms with Crippen LogP contribution in [-0.4, -0.2) is 30.0 Å². The molecule has 0 spiro atoms. The summed E-state index contributed by atoms with van der Waals surface area (Å²) in [5, 5.41) is 8.97. The number of carboxylic acids is 1. The van der Waals surface area contributed by atoms with Crippen LogP contribution < -0.4 is 4.72 Å². The Morgan fingerprint density at radius 2 is 1.95 bits per heavy atom. The van der Waals surface area contributed by atoms with Gasteiger partial charge in [-0.15, -0.1) is 6.42 Å². The van der Waals surface area contributed by atoms with Crippen LogP contribution in [0, 0.1) is 26.2 Å². The van der Waals surface area contributed by atoms with Crippen molar-refractivity contribution in [2.24, 2.45) is 0 Å². The van der Waals surface area contributed by atoms with E-state index in [0.717, 1.165) is 0 Å². The third-order valence-corrected chi connectivity index (χ3v) is 4.53. The Bertz CT molecular complexity index is 663. The first kappa shape index (κ1) is 15.3. The highest BCUT2D eigenvalue weighted by atomic mass is 32.2. The van der Waals surface area contributed by atoms with E-state index in [4.69, 9.17) is 11.5 Å². The second-order valence-corrected chi connectivity index (χ2v) is 6.38. The lowest BCUT2D eigenvalue weighted by Gasteiger charge is -2.19. The number of rotatable bonds is 4. The van der Waals surface area contributed by atoms with Crippen LogP contribution in [0.15, 0.2) is 4.90 Å². The number of aryl methyl sites for hydroxylation is 1. The molecule has 0 amide bonds. The van der Waals surface area contributed by atoms with E-state index in [-0.39, 0.29) is 21.8 Å². The van der Waals surface area contributed by atoms with E-state index in [1.807, 2.05) is 0 Å². The Kier molecular flexibility index (Phi) is 3.79. The summed E-state index contributed by atoms with van der Waals surface area (Å²) in [6.45, 7) is 6.02. The molecule has 3 N–H and O–H groups in total. The first-order valence-corrected chi connectivity index (χ1v) is 6.94. The monoisotopic (exact) mass is 284 g/mol. The van der Waals surface area contributed by atoms with E-state index in [2.05, 4.69) is 15.6 Å². The molecule has 0 radical (unpaired) electrons. The van der Waals surface area contributed by atoms with Gasteiger partial charge in [0.25, 0.3) is 0 Å². The number of sulfonamides is 1. The van der Waals surface area contributed by atoms with Crippen molar-refractivity contribution in [3.05, 3.63) is 17.0 Å². The highest BCUT2D eigenvalue weighted by Gasteiger charge is 2.30. The Morgan fingerprint density at radius 3 is 2.32 bits per heavy atom. The van der Waals surface area contributed by atoms with Crippen molar-refractivity contribution in [2.75, 3.05) is 0 Å². The molecule has 1 aromatic heterocycles. The van der Waals surface area contributed by atoms with Crippen molar-refractivity contribution in [1.29, 1.82) is 0 Å². The first-order chi connectivity index (χ1) is 8.52.